The Kier molecular flexibility index (Phi) is 3.45. The molecule has 1 heterocycles. The second-order valence-corrected chi connectivity index (χ2v) is 3.87. The van der Waals surface area contributed by atoms with E-state index < -0.39 is 11.0 Å². The van der Waals surface area contributed by atoms with Gasteiger partial charge in [0.05, 0.1) is 16.1 Å². The van der Waals surface area contributed by atoms with Crippen LogP contribution in [-0.4, -0.2) is 21.4 Å². The lowest BCUT2D eigenvalue weighted by molar-refractivity contribution is -0.383. The van der Waals surface area contributed by atoms with E-state index >= 15 is 0 Å². The van der Waals surface area contributed by atoms with Gasteiger partial charge in [0.25, 0.3) is 5.69 Å². The highest BCUT2D eigenvalue weighted by atomic mass is 16.6. The van der Waals surface area contributed by atoms with Crippen molar-refractivity contribution in [3.8, 4) is 0 Å². The van der Waals surface area contributed by atoms with Gasteiger partial charge in [0.15, 0.2) is 0 Å². The van der Waals surface area contributed by atoms with E-state index in [0.29, 0.717) is 29.6 Å². The number of fused-ring (bicyclic) bond motifs is 1. The monoisotopic (exact) mass is 247 g/mol. The average Bonchev–Trinajstić information content (AvgIpc) is 2.37. The fourth-order valence-electron chi connectivity index (χ4n) is 1.87. The molecule has 1 aromatic carbocycles. The Balaban J connectivity index is 2.69. The van der Waals surface area contributed by atoms with Gasteiger partial charge in [-0.1, -0.05) is 6.07 Å². The molecule has 0 saturated heterocycles. The summed E-state index contributed by atoms with van der Waals surface area (Å²) in [4.78, 5) is 18.7. The molecule has 4 N–H and O–H groups in total. The van der Waals surface area contributed by atoms with E-state index in [2.05, 4.69) is 9.97 Å². The highest BCUT2D eigenvalue weighted by molar-refractivity contribution is 5.90. The molecule has 1 aromatic heterocycles. The summed E-state index contributed by atoms with van der Waals surface area (Å²) in [5, 5.41) is 11.4. The second kappa shape index (κ2) is 5.03. The molecule has 0 radical (unpaired) electrons. The fourth-order valence-corrected chi connectivity index (χ4v) is 1.87. The Bertz CT molecular complexity index is 581. The highest BCUT2D eigenvalue weighted by Crippen LogP contribution is 2.29. The molecule has 0 amide bonds. The summed E-state index contributed by atoms with van der Waals surface area (Å²) in [5.41, 5.74) is 12.4. The van der Waals surface area contributed by atoms with Crippen molar-refractivity contribution in [1.29, 1.82) is 0 Å². The lowest BCUT2D eigenvalue weighted by Gasteiger charge is -2.11. The van der Waals surface area contributed by atoms with Crippen molar-refractivity contribution in [3.63, 3.8) is 0 Å². The molecule has 0 fully saturated rings. The van der Waals surface area contributed by atoms with Gasteiger partial charge in [-0.15, -0.1) is 0 Å². The number of nitro benzene ring substituents is 1. The van der Waals surface area contributed by atoms with Crippen molar-refractivity contribution in [2.45, 2.75) is 12.5 Å². The second-order valence-electron chi connectivity index (χ2n) is 3.87. The highest BCUT2D eigenvalue weighted by Gasteiger charge is 2.20. The van der Waals surface area contributed by atoms with Gasteiger partial charge >= 0.3 is 0 Å². The molecular formula is C11H13N5O2. The summed E-state index contributed by atoms with van der Waals surface area (Å²) in [6.07, 6.45) is 1.87. The van der Waals surface area contributed by atoms with Crippen LogP contribution in [0.25, 0.3) is 10.9 Å². The minimum absolute atomic E-state index is 0.0319. The van der Waals surface area contributed by atoms with Crippen molar-refractivity contribution in [3.05, 3.63) is 40.3 Å². The molecule has 0 bridgehead atoms. The summed E-state index contributed by atoms with van der Waals surface area (Å²) >= 11 is 0. The van der Waals surface area contributed by atoms with E-state index in [-0.39, 0.29) is 5.69 Å². The molecule has 1 atom stereocenters. The maximum atomic E-state index is 11.0. The van der Waals surface area contributed by atoms with Crippen LogP contribution in [0.3, 0.4) is 0 Å². The quantitative estimate of drug-likeness (QED) is 0.611. The van der Waals surface area contributed by atoms with Gasteiger partial charge in [0, 0.05) is 12.1 Å². The van der Waals surface area contributed by atoms with Crippen LogP contribution in [0.2, 0.25) is 0 Å². The zero-order valence-corrected chi connectivity index (χ0v) is 9.61. The minimum Gasteiger partial charge on any atom is -0.330 e. The number of rotatable bonds is 4. The Morgan fingerprint density at radius 2 is 2.17 bits per heavy atom. The first-order valence-corrected chi connectivity index (χ1v) is 5.48. The van der Waals surface area contributed by atoms with Crippen molar-refractivity contribution >= 4 is 16.6 Å². The largest absolute Gasteiger partial charge is 0.330 e. The van der Waals surface area contributed by atoms with Crippen molar-refractivity contribution < 1.29 is 4.92 Å². The lowest BCUT2D eigenvalue weighted by Crippen LogP contribution is -2.17. The first kappa shape index (κ1) is 12.3. The molecule has 94 valence electrons. The first-order valence-electron chi connectivity index (χ1n) is 5.48. The van der Waals surface area contributed by atoms with Crippen LogP contribution >= 0.6 is 0 Å². The fraction of sp³-hybridized carbons (Fsp3) is 0.273. The van der Waals surface area contributed by atoms with E-state index in [0.717, 1.165) is 0 Å². The van der Waals surface area contributed by atoms with E-state index in [1.54, 1.807) is 12.1 Å². The van der Waals surface area contributed by atoms with Gasteiger partial charge in [-0.05, 0) is 19.0 Å². The van der Waals surface area contributed by atoms with Crippen LogP contribution in [0.5, 0.6) is 0 Å². The maximum absolute atomic E-state index is 11.0. The number of nitrogens with two attached hydrogens (primary N) is 2. The third-order valence-electron chi connectivity index (χ3n) is 2.70. The molecule has 2 aromatic rings. The molecule has 18 heavy (non-hydrogen) atoms. The lowest BCUT2D eigenvalue weighted by atomic mass is 10.0. The van der Waals surface area contributed by atoms with E-state index in [4.69, 9.17) is 11.5 Å². The Hall–Kier alpha value is -2.12. The number of aromatic nitrogens is 2. The van der Waals surface area contributed by atoms with Crippen molar-refractivity contribution in [1.82, 2.24) is 9.97 Å². The number of nitrogens with zero attached hydrogens (tertiary/aromatic N) is 3. The predicted octanol–water partition coefficient (Wildman–Crippen LogP) is 0.887. The first-order chi connectivity index (χ1) is 8.65. The Labute approximate surface area is 103 Å². The SMILES string of the molecule is NCCC(N)c1ncnc2cccc([N+](=O)[O-])c12. The summed E-state index contributed by atoms with van der Waals surface area (Å²) in [7, 11) is 0. The summed E-state index contributed by atoms with van der Waals surface area (Å²) in [6, 6.07) is 4.28. The molecule has 0 spiro atoms. The maximum Gasteiger partial charge on any atom is 0.280 e. The average molecular weight is 247 g/mol. The van der Waals surface area contributed by atoms with Gasteiger partial charge in [-0.2, -0.15) is 0 Å². The third-order valence-corrected chi connectivity index (χ3v) is 2.70. The van der Waals surface area contributed by atoms with E-state index in [9.17, 15) is 10.1 Å². The Morgan fingerprint density at radius 3 is 2.83 bits per heavy atom. The van der Waals surface area contributed by atoms with Gasteiger partial charge in [-0.3, -0.25) is 10.1 Å². The molecule has 0 aliphatic carbocycles. The summed E-state index contributed by atoms with van der Waals surface area (Å²) in [6.45, 7) is 0.396. The van der Waals surface area contributed by atoms with Crippen molar-refractivity contribution in [2.24, 2.45) is 11.5 Å². The molecule has 1 unspecified atom stereocenters. The van der Waals surface area contributed by atoms with Crippen LogP contribution in [0, 0.1) is 10.1 Å². The third kappa shape index (κ3) is 2.13. The van der Waals surface area contributed by atoms with Crippen LogP contribution in [0.15, 0.2) is 24.5 Å². The number of non-ortho nitro benzene ring substituents is 1. The topological polar surface area (TPSA) is 121 Å². The molecule has 0 saturated carbocycles. The summed E-state index contributed by atoms with van der Waals surface area (Å²) in [5.74, 6) is 0. The van der Waals surface area contributed by atoms with Gasteiger partial charge in [-0.25, -0.2) is 9.97 Å². The normalized spacial score (nSPS) is 12.6. The number of benzene rings is 1. The molecule has 2 rings (SSSR count). The van der Waals surface area contributed by atoms with Crippen LogP contribution in [-0.2, 0) is 0 Å². The molecule has 7 heteroatoms. The smallest absolute Gasteiger partial charge is 0.280 e. The molecule has 0 aliphatic rings. The van der Waals surface area contributed by atoms with E-state index in [1.807, 2.05) is 0 Å². The van der Waals surface area contributed by atoms with Crippen LogP contribution in [0.4, 0.5) is 5.69 Å². The van der Waals surface area contributed by atoms with Gasteiger partial charge < -0.3 is 11.5 Å². The number of nitro groups is 1. The summed E-state index contributed by atoms with van der Waals surface area (Å²) < 4.78 is 0. The molecule has 0 aliphatic heterocycles. The zero-order chi connectivity index (χ0) is 13.1. The molecular weight excluding hydrogens is 234 g/mol. The Morgan fingerprint density at radius 1 is 1.39 bits per heavy atom. The van der Waals surface area contributed by atoms with Crippen LogP contribution in [0.1, 0.15) is 18.2 Å². The predicted molar refractivity (Wildman–Crippen MR) is 66.8 cm³/mol. The number of hydrogen-bond donors (Lipinski definition) is 2. The van der Waals surface area contributed by atoms with E-state index in [1.165, 1.54) is 12.4 Å². The minimum atomic E-state index is -0.454. The van der Waals surface area contributed by atoms with Crippen LogP contribution < -0.4 is 11.5 Å². The van der Waals surface area contributed by atoms with Gasteiger partial charge in [0.1, 0.15) is 11.7 Å². The van der Waals surface area contributed by atoms with Crippen molar-refractivity contribution in [2.75, 3.05) is 6.54 Å². The van der Waals surface area contributed by atoms with Gasteiger partial charge in [0.2, 0.25) is 0 Å². The number of hydrogen-bond acceptors (Lipinski definition) is 6. The zero-order valence-electron chi connectivity index (χ0n) is 9.61. The molecule has 7 nitrogen and oxygen atoms in total. The standard InChI is InChI=1S/C11H13N5O2/c12-5-4-7(13)11-10-8(14-6-15-11)2-1-3-9(10)16(17)18/h1-3,6-7H,4-5,12-13H2.